The van der Waals surface area contributed by atoms with Crippen LogP contribution in [-0.2, 0) is 6.54 Å². The summed E-state index contributed by atoms with van der Waals surface area (Å²) >= 11 is 0. The van der Waals surface area contributed by atoms with Crippen molar-refractivity contribution in [3.63, 3.8) is 0 Å². The van der Waals surface area contributed by atoms with E-state index in [1.807, 2.05) is 36.9 Å². The minimum atomic E-state index is -1.17. The molecule has 2 amide bonds. The monoisotopic (exact) mass is 662 g/mol. The molecule has 8 unspecified atom stereocenters. The molecule has 2 bridgehead atoms. The summed E-state index contributed by atoms with van der Waals surface area (Å²) in [6, 6.07) is 17.7. The Kier molecular flexibility index (Phi) is 7.41. The number of urea groups is 1. The lowest BCUT2D eigenvalue weighted by Crippen LogP contribution is -2.67. The highest BCUT2D eigenvalue weighted by Gasteiger charge is 2.74. The van der Waals surface area contributed by atoms with E-state index in [2.05, 4.69) is 61.7 Å². The fraction of sp³-hybridized carbons (Fsp3) is 0.524. The second-order valence-corrected chi connectivity index (χ2v) is 16.7. The van der Waals surface area contributed by atoms with Crippen LogP contribution in [0.25, 0.3) is 10.8 Å². The predicted molar refractivity (Wildman–Crippen MR) is 190 cm³/mol. The van der Waals surface area contributed by atoms with Gasteiger partial charge in [-0.1, -0.05) is 74.5 Å². The lowest BCUT2D eigenvalue weighted by atomic mass is 9.32. The van der Waals surface area contributed by atoms with E-state index in [-0.39, 0.29) is 41.7 Å². The van der Waals surface area contributed by atoms with Gasteiger partial charge in [0.1, 0.15) is 0 Å². The SMILES string of the molecule is CC(C)NC(=O)N(Cc1cccc2ccccc12)CC1(O)CCC2C34C=CC5(C=C3C(=O)c3ccco3)CC(O)CCC5(C)C4CCC21C. The second-order valence-electron chi connectivity index (χ2n) is 16.7. The van der Waals surface area contributed by atoms with E-state index in [1.165, 1.54) is 0 Å². The average molecular weight is 663 g/mol. The maximum Gasteiger partial charge on any atom is 0.317 e. The minimum Gasteiger partial charge on any atom is -0.461 e. The zero-order valence-corrected chi connectivity index (χ0v) is 29.2. The molecule has 49 heavy (non-hydrogen) atoms. The number of allylic oxidation sites excluding steroid dienone is 4. The van der Waals surface area contributed by atoms with E-state index in [1.54, 1.807) is 18.4 Å². The number of nitrogens with one attached hydrogen (secondary N) is 1. The number of furan rings is 1. The Hall–Kier alpha value is -3.68. The van der Waals surface area contributed by atoms with Crippen molar-refractivity contribution in [2.24, 2.45) is 33.5 Å². The van der Waals surface area contributed by atoms with Gasteiger partial charge in [0, 0.05) is 34.4 Å². The minimum absolute atomic E-state index is 0.0142. The molecule has 3 fully saturated rings. The second kappa shape index (κ2) is 11.2. The normalized spacial score (nSPS) is 37.4. The molecule has 8 atom stereocenters. The van der Waals surface area contributed by atoms with Gasteiger partial charge in [-0.3, -0.25) is 4.79 Å². The highest BCUT2D eigenvalue weighted by molar-refractivity contribution is 6.08. The summed E-state index contributed by atoms with van der Waals surface area (Å²) in [6.07, 6.45) is 13.2. The number of Topliss-reactive ketones (excluding diaryl/α,β-unsaturated/α-hetero) is 1. The molecule has 0 radical (unpaired) electrons. The first-order chi connectivity index (χ1) is 23.4. The predicted octanol–water partition coefficient (Wildman–Crippen LogP) is 7.83. The number of ketones is 1. The number of benzene rings is 2. The van der Waals surface area contributed by atoms with Crippen LogP contribution in [0.2, 0.25) is 0 Å². The fourth-order valence-electron chi connectivity index (χ4n) is 11.6. The first-order valence-corrected chi connectivity index (χ1v) is 18.3. The van der Waals surface area contributed by atoms with Crippen LogP contribution in [-0.4, -0.2) is 51.2 Å². The molecule has 3 saturated carbocycles. The van der Waals surface area contributed by atoms with Gasteiger partial charge < -0.3 is 24.8 Å². The van der Waals surface area contributed by atoms with Gasteiger partial charge in [0.05, 0.1) is 24.5 Å². The number of rotatable bonds is 7. The van der Waals surface area contributed by atoms with Gasteiger partial charge in [-0.05, 0) is 105 Å². The molecule has 1 heterocycles. The zero-order valence-electron chi connectivity index (χ0n) is 29.2. The summed E-state index contributed by atoms with van der Waals surface area (Å²) in [5.41, 5.74) is -1.02. The summed E-state index contributed by atoms with van der Waals surface area (Å²) in [5.74, 6) is 0.420. The van der Waals surface area contributed by atoms with Gasteiger partial charge in [0.2, 0.25) is 5.78 Å². The van der Waals surface area contributed by atoms with Crippen LogP contribution in [0.15, 0.2) is 89.1 Å². The van der Waals surface area contributed by atoms with Gasteiger partial charge in [-0.2, -0.15) is 0 Å². The standard InChI is InChI=1S/C42H50N2O5/c1-27(2)43-37(47)44(25-29-11-7-10-28-9-5-6-12-31(28)29)26-41(48)19-16-35-39(41,4)18-15-34-38(3)17-14-30(45)23-40(38)20-21-42(34,35)32(24-40)36(46)33-13-8-22-49-33/h5-13,20-22,24,27,30,34-35,45,48H,14-19,23,25-26H2,1-4H3,(H,43,47). The molecule has 2 aromatic carbocycles. The summed E-state index contributed by atoms with van der Waals surface area (Å²) in [6.45, 7) is 9.11. The van der Waals surface area contributed by atoms with Gasteiger partial charge in [-0.15, -0.1) is 0 Å². The zero-order chi connectivity index (χ0) is 34.4. The van der Waals surface area contributed by atoms with Crippen molar-refractivity contribution >= 4 is 22.6 Å². The van der Waals surface area contributed by atoms with E-state index < -0.39 is 27.9 Å². The number of hydrogen-bond donors (Lipinski definition) is 3. The maximum absolute atomic E-state index is 14.5. The quantitative estimate of drug-likeness (QED) is 0.177. The van der Waals surface area contributed by atoms with Crippen LogP contribution in [0.4, 0.5) is 4.79 Å². The van der Waals surface area contributed by atoms with Crippen LogP contribution < -0.4 is 5.32 Å². The molecule has 3 N–H and O–H groups in total. The molecule has 6 aliphatic carbocycles. The number of carbonyl (C=O) groups is 2. The van der Waals surface area contributed by atoms with Crippen LogP contribution in [0.3, 0.4) is 0 Å². The van der Waals surface area contributed by atoms with E-state index in [4.69, 9.17) is 4.42 Å². The van der Waals surface area contributed by atoms with E-state index >= 15 is 0 Å². The van der Waals surface area contributed by atoms with Crippen LogP contribution in [0.1, 0.15) is 88.8 Å². The number of aliphatic hydroxyl groups excluding tert-OH is 1. The number of carbonyl (C=O) groups excluding carboxylic acids is 2. The van der Waals surface area contributed by atoms with Crippen molar-refractivity contribution in [2.75, 3.05) is 6.54 Å². The largest absolute Gasteiger partial charge is 0.461 e. The van der Waals surface area contributed by atoms with Gasteiger partial charge in [-0.25, -0.2) is 4.79 Å². The summed E-state index contributed by atoms with van der Waals surface area (Å²) in [5, 5.41) is 29.3. The molecule has 258 valence electrons. The van der Waals surface area contributed by atoms with Crippen molar-refractivity contribution in [3.8, 4) is 0 Å². The molecular formula is C42H50N2O5. The number of nitrogens with zero attached hydrogens (tertiary/aromatic N) is 1. The first kappa shape index (κ1) is 32.5. The van der Waals surface area contributed by atoms with Crippen molar-refractivity contribution < 1.29 is 24.2 Å². The van der Waals surface area contributed by atoms with Crippen molar-refractivity contribution in [3.05, 3.63) is 96.0 Å². The lowest BCUT2D eigenvalue weighted by Gasteiger charge is -2.71. The topological polar surface area (TPSA) is 103 Å². The molecule has 7 nitrogen and oxygen atoms in total. The lowest BCUT2D eigenvalue weighted by molar-refractivity contribution is -0.174. The molecule has 2 spiro atoms. The number of fused-ring (bicyclic) bond motifs is 2. The summed E-state index contributed by atoms with van der Waals surface area (Å²) in [7, 11) is 0. The third-order valence-corrected chi connectivity index (χ3v) is 14.1. The first-order valence-electron chi connectivity index (χ1n) is 18.3. The van der Waals surface area contributed by atoms with Crippen molar-refractivity contribution in [1.82, 2.24) is 10.2 Å². The Morgan fingerprint density at radius 2 is 1.67 bits per heavy atom. The molecule has 6 aliphatic rings. The van der Waals surface area contributed by atoms with Gasteiger partial charge in [0.25, 0.3) is 0 Å². The third-order valence-electron chi connectivity index (χ3n) is 14.1. The Morgan fingerprint density at radius 3 is 2.45 bits per heavy atom. The molecule has 0 aliphatic heterocycles. The molecular weight excluding hydrogens is 612 g/mol. The number of amides is 2. The van der Waals surface area contributed by atoms with E-state index in [0.717, 1.165) is 54.0 Å². The Bertz CT molecular complexity index is 1860. The number of hydrogen-bond acceptors (Lipinski definition) is 5. The van der Waals surface area contributed by atoms with Crippen LogP contribution in [0.5, 0.6) is 0 Å². The summed E-state index contributed by atoms with van der Waals surface area (Å²) < 4.78 is 5.72. The molecule has 3 aromatic rings. The van der Waals surface area contributed by atoms with Crippen molar-refractivity contribution in [1.29, 1.82) is 0 Å². The Morgan fingerprint density at radius 1 is 0.939 bits per heavy atom. The highest BCUT2D eigenvalue weighted by atomic mass is 16.3. The van der Waals surface area contributed by atoms with Crippen molar-refractivity contribution in [2.45, 2.75) is 96.9 Å². The third kappa shape index (κ3) is 4.53. The Balaban J connectivity index is 1.20. The maximum atomic E-state index is 14.5. The van der Waals surface area contributed by atoms with Gasteiger partial charge in [0.15, 0.2) is 5.76 Å². The smallest absolute Gasteiger partial charge is 0.317 e. The fourth-order valence-corrected chi connectivity index (χ4v) is 11.6. The van der Waals surface area contributed by atoms with Gasteiger partial charge >= 0.3 is 6.03 Å². The van der Waals surface area contributed by atoms with E-state index in [0.29, 0.717) is 25.1 Å². The molecule has 9 rings (SSSR count). The molecule has 0 saturated heterocycles. The molecule has 1 aromatic heterocycles. The average Bonchev–Trinajstić information content (AvgIpc) is 3.70. The number of aliphatic hydroxyl groups is 2. The molecule has 7 heteroatoms. The summed E-state index contributed by atoms with van der Waals surface area (Å²) in [4.78, 5) is 30.3. The Labute approximate surface area is 289 Å². The van der Waals surface area contributed by atoms with Crippen LogP contribution in [0, 0.1) is 33.5 Å². The van der Waals surface area contributed by atoms with E-state index in [9.17, 15) is 19.8 Å². The van der Waals surface area contributed by atoms with Crippen LogP contribution >= 0.6 is 0 Å². The highest BCUT2D eigenvalue weighted by Crippen LogP contribution is 2.78.